The number of carboxylic acid groups (broad SMARTS) is 1. The number of rotatable bonds is 8. The van der Waals surface area contributed by atoms with Crippen LogP contribution < -0.4 is 19.9 Å². The van der Waals surface area contributed by atoms with Crippen LogP contribution in [0.3, 0.4) is 0 Å². The first-order valence-corrected chi connectivity index (χ1v) is 18.3. The summed E-state index contributed by atoms with van der Waals surface area (Å²) >= 11 is 0. The molecule has 0 saturated carbocycles. The summed E-state index contributed by atoms with van der Waals surface area (Å²) in [7, 11) is 5.06. The van der Waals surface area contributed by atoms with Crippen LogP contribution in [0.5, 0.6) is 11.5 Å². The Kier molecular flexibility index (Phi) is 9.08. The Hall–Kier alpha value is -5.76. The van der Waals surface area contributed by atoms with Crippen molar-refractivity contribution < 1.29 is 33.8 Å². The van der Waals surface area contributed by atoms with E-state index in [1.165, 1.54) is 4.90 Å². The van der Waals surface area contributed by atoms with Gasteiger partial charge < -0.3 is 28.9 Å². The number of imide groups is 3. The predicted molar refractivity (Wildman–Crippen MR) is 199 cm³/mol. The molecule has 0 spiro atoms. The number of fused-ring (bicyclic) bond motifs is 2. The van der Waals surface area contributed by atoms with Crippen LogP contribution in [0.2, 0.25) is 0 Å². The Morgan fingerprint density at radius 1 is 0.907 bits per heavy atom. The number of methoxy groups -OCH3 is 2. The van der Waals surface area contributed by atoms with Gasteiger partial charge in [-0.25, -0.2) is 9.78 Å². The smallest absolute Gasteiger partial charge is 0.421 e. The number of amides is 4. The molecule has 1 atom stereocenters. The standard InChI is InChI=1S/C40H42N6O8/c1-42-21-30(28-18-35(44-11-4-12-44)41-19-29(28)37(42)48)25-16-33(53-2)31(34(17-25)54-3)22-43-13-9-23(10-14-43)24-5-6-27-26(15-24)20-45(38(27)49)32-7-8-36(47)46(39(32)50)40(51)52/h5-6,15-19,21,23,32H,4,7-14,20,22H2,1-3H3,(H,51,52). The van der Waals surface area contributed by atoms with E-state index in [9.17, 15) is 29.1 Å². The lowest BCUT2D eigenvalue weighted by Crippen LogP contribution is -2.56. The van der Waals surface area contributed by atoms with Gasteiger partial charge in [0, 0.05) is 68.6 Å². The Balaban J connectivity index is 0.981. The maximum absolute atomic E-state index is 13.3. The van der Waals surface area contributed by atoms with Gasteiger partial charge in [0.1, 0.15) is 23.4 Å². The number of aromatic nitrogens is 2. The summed E-state index contributed by atoms with van der Waals surface area (Å²) < 4.78 is 13.5. The van der Waals surface area contributed by atoms with Crippen molar-refractivity contribution in [3.63, 3.8) is 0 Å². The van der Waals surface area contributed by atoms with E-state index in [1.54, 1.807) is 38.1 Å². The lowest BCUT2D eigenvalue weighted by molar-refractivity contribution is -0.149. The van der Waals surface area contributed by atoms with Crippen LogP contribution >= 0.6 is 0 Å². The molecule has 2 aromatic heterocycles. The molecule has 8 rings (SSSR count). The van der Waals surface area contributed by atoms with E-state index in [-0.39, 0.29) is 41.7 Å². The van der Waals surface area contributed by atoms with Gasteiger partial charge in [-0.1, -0.05) is 12.1 Å². The third-order valence-electron chi connectivity index (χ3n) is 11.5. The van der Waals surface area contributed by atoms with Crippen LogP contribution in [0.25, 0.3) is 21.9 Å². The molecule has 2 aromatic carbocycles. The largest absolute Gasteiger partial charge is 0.496 e. The second-order valence-corrected chi connectivity index (χ2v) is 14.6. The summed E-state index contributed by atoms with van der Waals surface area (Å²) in [5, 5.41) is 10.8. The van der Waals surface area contributed by atoms with Gasteiger partial charge in [0.15, 0.2) is 0 Å². The third-order valence-corrected chi connectivity index (χ3v) is 11.5. The number of hydrogen-bond acceptors (Lipinski definition) is 10. The van der Waals surface area contributed by atoms with E-state index in [1.807, 2.05) is 36.5 Å². The van der Waals surface area contributed by atoms with Gasteiger partial charge in [0.2, 0.25) is 5.91 Å². The van der Waals surface area contributed by atoms with Crippen LogP contribution in [-0.2, 0) is 29.7 Å². The van der Waals surface area contributed by atoms with Crippen LogP contribution in [0.15, 0.2) is 53.6 Å². The predicted octanol–water partition coefficient (Wildman–Crippen LogP) is 4.36. The number of carbonyl (C=O) groups is 4. The van der Waals surface area contributed by atoms with E-state index in [4.69, 9.17) is 9.47 Å². The Morgan fingerprint density at radius 3 is 2.28 bits per heavy atom. The summed E-state index contributed by atoms with van der Waals surface area (Å²) in [5.41, 5.74) is 5.04. The normalized spacial score (nSPS) is 19.4. The molecule has 3 saturated heterocycles. The van der Waals surface area contributed by atoms with Crippen molar-refractivity contribution in [1.29, 1.82) is 0 Å². The van der Waals surface area contributed by atoms with Crippen molar-refractivity contribution in [3.8, 4) is 22.6 Å². The topological polar surface area (TPSA) is 155 Å². The van der Waals surface area contributed by atoms with E-state index in [0.717, 1.165) is 84.5 Å². The summed E-state index contributed by atoms with van der Waals surface area (Å²) in [6, 6.07) is 10.9. The van der Waals surface area contributed by atoms with Gasteiger partial charge in [-0.05, 0) is 85.6 Å². The summed E-state index contributed by atoms with van der Waals surface area (Å²) in [4.78, 5) is 73.8. The SMILES string of the molecule is COc1cc(-c2cn(C)c(=O)c3cnc(N4CCC4)cc23)cc(OC)c1CN1CCC(c2ccc3c(c2)CN(C2CCC(=O)N(C(=O)O)C2=O)C3=O)CC1. The molecule has 0 aliphatic carbocycles. The number of nitrogens with zero attached hydrogens (tertiary/aromatic N) is 6. The number of hydrogen-bond donors (Lipinski definition) is 1. The van der Waals surface area contributed by atoms with Crippen molar-refractivity contribution in [1.82, 2.24) is 24.3 Å². The van der Waals surface area contributed by atoms with Gasteiger partial charge in [-0.15, -0.1) is 0 Å². The summed E-state index contributed by atoms with van der Waals surface area (Å²) in [6.45, 7) is 4.37. The van der Waals surface area contributed by atoms with E-state index in [2.05, 4.69) is 14.8 Å². The van der Waals surface area contributed by atoms with Crippen molar-refractivity contribution in [2.45, 2.75) is 57.2 Å². The second kappa shape index (κ2) is 13.9. The maximum Gasteiger partial charge on any atom is 0.421 e. The van der Waals surface area contributed by atoms with Crippen LogP contribution in [0.1, 0.15) is 65.1 Å². The maximum atomic E-state index is 13.3. The Labute approximate surface area is 311 Å². The highest BCUT2D eigenvalue weighted by molar-refractivity contribution is 6.13. The molecule has 14 heteroatoms. The van der Waals surface area contributed by atoms with Gasteiger partial charge in [0.05, 0.1) is 25.2 Å². The number of ether oxygens (including phenoxy) is 2. The molecular formula is C40H42N6O8. The molecule has 3 fully saturated rings. The van der Waals surface area contributed by atoms with Crippen LogP contribution in [0, 0.1) is 0 Å². The summed E-state index contributed by atoms with van der Waals surface area (Å²) in [6.07, 6.45) is 4.83. The lowest BCUT2D eigenvalue weighted by Gasteiger charge is -2.33. The first kappa shape index (κ1) is 35.3. The average Bonchev–Trinajstić information content (AvgIpc) is 3.47. The van der Waals surface area contributed by atoms with Crippen molar-refractivity contribution in [3.05, 3.63) is 81.4 Å². The van der Waals surface area contributed by atoms with Crippen LogP contribution in [-0.4, -0.2) is 99.6 Å². The number of carbonyl (C=O) groups excluding carboxylic acids is 3. The fourth-order valence-corrected chi connectivity index (χ4v) is 8.37. The number of aryl methyl sites for hydroxylation is 1. The number of benzene rings is 2. The molecule has 6 heterocycles. The molecule has 1 N–H and O–H groups in total. The first-order valence-electron chi connectivity index (χ1n) is 18.3. The quantitative estimate of drug-likeness (QED) is 0.257. The monoisotopic (exact) mass is 734 g/mol. The van der Waals surface area contributed by atoms with Gasteiger partial charge in [-0.3, -0.25) is 24.1 Å². The molecule has 4 aliphatic rings. The molecule has 14 nitrogen and oxygen atoms in total. The van der Waals surface area contributed by atoms with Crippen molar-refractivity contribution in [2.75, 3.05) is 45.3 Å². The minimum Gasteiger partial charge on any atom is -0.496 e. The molecular weight excluding hydrogens is 692 g/mol. The average molecular weight is 735 g/mol. The van der Waals surface area contributed by atoms with Gasteiger partial charge >= 0.3 is 6.09 Å². The van der Waals surface area contributed by atoms with E-state index < -0.39 is 23.9 Å². The van der Waals surface area contributed by atoms with E-state index in [0.29, 0.717) is 29.0 Å². The number of likely N-dealkylation sites (tertiary alicyclic amines) is 2. The Bertz CT molecular complexity index is 2250. The first-order chi connectivity index (χ1) is 26.1. The molecule has 4 aliphatic heterocycles. The Morgan fingerprint density at radius 2 is 1.63 bits per heavy atom. The lowest BCUT2D eigenvalue weighted by atomic mass is 9.87. The minimum absolute atomic E-state index is 0.102. The molecule has 4 amide bonds. The zero-order valence-electron chi connectivity index (χ0n) is 30.5. The van der Waals surface area contributed by atoms with Crippen LogP contribution in [0.4, 0.5) is 10.6 Å². The highest BCUT2D eigenvalue weighted by Crippen LogP contribution is 2.40. The fraction of sp³-hybridized carbons (Fsp3) is 0.400. The molecule has 1 unspecified atom stereocenters. The number of pyridine rings is 2. The fourth-order valence-electron chi connectivity index (χ4n) is 8.37. The second-order valence-electron chi connectivity index (χ2n) is 14.6. The third kappa shape index (κ3) is 6.03. The molecule has 4 aromatic rings. The van der Waals surface area contributed by atoms with Crippen molar-refractivity contribution in [2.24, 2.45) is 7.05 Å². The van der Waals surface area contributed by atoms with Crippen molar-refractivity contribution >= 4 is 40.4 Å². The number of piperidine rings is 2. The highest BCUT2D eigenvalue weighted by Gasteiger charge is 2.45. The zero-order valence-corrected chi connectivity index (χ0v) is 30.5. The summed E-state index contributed by atoms with van der Waals surface area (Å²) in [5.74, 6) is 0.574. The minimum atomic E-state index is -1.62. The highest BCUT2D eigenvalue weighted by atomic mass is 16.5. The van der Waals surface area contributed by atoms with Gasteiger partial charge in [0.25, 0.3) is 17.4 Å². The molecule has 0 bridgehead atoms. The molecule has 0 radical (unpaired) electrons. The molecule has 280 valence electrons. The molecule has 54 heavy (non-hydrogen) atoms. The van der Waals surface area contributed by atoms with E-state index >= 15 is 0 Å². The zero-order chi connectivity index (χ0) is 37.8. The van der Waals surface area contributed by atoms with Gasteiger partial charge in [-0.2, -0.15) is 4.90 Å². The number of anilines is 1.